The van der Waals surface area contributed by atoms with Crippen molar-refractivity contribution in [2.45, 2.75) is 25.8 Å². The summed E-state index contributed by atoms with van der Waals surface area (Å²) in [5.41, 5.74) is 9.32. The van der Waals surface area contributed by atoms with Crippen LogP contribution in [-0.2, 0) is 25.8 Å². The fourth-order valence-electron chi connectivity index (χ4n) is 3.49. The van der Waals surface area contributed by atoms with Crippen molar-refractivity contribution in [1.29, 1.82) is 0 Å². The number of rotatable bonds is 7. The van der Waals surface area contributed by atoms with E-state index < -0.39 is 0 Å². The Morgan fingerprint density at radius 1 is 0.964 bits per heavy atom. The van der Waals surface area contributed by atoms with Gasteiger partial charge in [-0.2, -0.15) is 0 Å². The molecule has 2 heterocycles. The normalized spacial score (nSPS) is 11.4. The summed E-state index contributed by atoms with van der Waals surface area (Å²) in [4.78, 5) is 3.33. The molecular weight excluding hydrogens is 393 g/mol. The number of fused-ring (bicyclic) bond motifs is 1. The summed E-state index contributed by atoms with van der Waals surface area (Å²) in [6, 6.07) is 14.0. The first kappa shape index (κ1) is 19.0. The fraction of sp³-hybridized carbons (Fsp3) is 0.238. The molecule has 0 saturated carbocycles. The largest absolute Gasteiger partial charge is 0.361 e. The van der Waals surface area contributed by atoms with Crippen molar-refractivity contribution < 1.29 is 0 Å². The van der Waals surface area contributed by atoms with Crippen LogP contribution in [0.1, 0.15) is 22.8 Å². The Morgan fingerprint density at radius 3 is 2.61 bits per heavy atom. The van der Waals surface area contributed by atoms with Crippen molar-refractivity contribution in [3.63, 3.8) is 0 Å². The van der Waals surface area contributed by atoms with E-state index in [0.29, 0.717) is 29.6 Å². The second-order valence-corrected chi connectivity index (χ2v) is 7.57. The molecule has 28 heavy (non-hydrogen) atoms. The first-order chi connectivity index (χ1) is 13.7. The highest BCUT2D eigenvalue weighted by Gasteiger charge is 2.14. The van der Waals surface area contributed by atoms with Crippen LogP contribution in [0.25, 0.3) is 10.9 Å². The minimum Gasteiger partial charge on any atom is -0.361 e. The Hall–Kier alpha value is -2.34. The van der Waals surface area contributed by atoms with Gasteiger partial charge in [0.1, 0.15) is 11.6 Å². The Bertz CT molecular complexity index is 1100. The molecule has 0 aliphatic heterocycles. The molecule has 2 aromatic heterocycles. The molecule has 144 valence electrons. The van der Waals surface area contributed by atoms with E-state index in [0.717, 1.165) is 35.6 Å². The highest BCUT2D eigenvalue weighted by Crippen LogP contribution is 2.24. The zero-order chi connectivity index (χ0) is 19.5. The van der Waals surface area contributed by atoms with Gasteiger partial charge in [0.15, 0.2) is 0 Å². The van der Waals surface area contributed by atoms with E-state index in [-0.39, 0.29) is 0 Å². The lowest BCUT2D eigenvalue weighted by Crippen LogP contribution is -2.16. The number of nitrogens with two attached hydrogens (primary N) is 1. The van der Waals surface area contributed by atoms with E-state index in [1.54, 1.807) is 6.07 Å². The third-order valence-electron chi connectivity index (χ3n) is 4.90. The predicted molar refractivity (Wildman–Crippen MR) is 114 cm³/mol. The highest BCUT2D eigenvalue weighted by atomic mass is 35.5. The molecule has 0 amide bonds. The van der Waals surface area contributed by atoms with Crippen LogP contribution in [0.5, 0.6) is 0 Å². The molecule has 0 unspecified atom stereocenters. The molecule has 3 N–H and O–H groups in total. The lowest BCUT2D eigenvalue weighted by atomic mass is 10.1. The molecule has 2 aromatic carbocycles. The number of aryl methyl sites for hydroxylation is 2. The number of hydrogen-bond acceptors (Lipinski definition) is 3. The lowest BCUT2D eigenvalue weighted by Gasteiger charge is -2.09. The number of aromatic nitrogens is 4. The summed E-state index contributed by atoms with van der Waals surface area (Å²) < 4.78 is 2.12. The van der Waals surface area contributed by atoms with Crippen molar-refractivity contribution >= 4 is 34.1 Å². The third-order valence-corrected chi connectivity index (χ3v) is 5.63. The van der Waals surface area contributed by atoms with Crippen molar-refractivity contribution in [3.8, 4) is 0 Å². The van der Waals surface area contributed by atoms with Crippen molar-refractivity contribution in [2.75, 3.05) is 6.54 Å². The smallest absolute Gasteiger partial charge is 0.137 e. The summed E-state index contributed by atoms with van der Waals surface area (Å²) in [7, 11) is 0. The van der Waals surface area contributed by atoms with Crippen molar-refractivity contribution in [1.82, 2.24) is 19.7 Å². The number of hydrogen-bond donors (Lipinski definition) is 2. The maximum absolute atomic E-state index is 6.14. The van der Waals surface area contributed by atoms with Gasteiger partial charge in [-0.3, -0.25) is 0 Å². The maximum Gasteiger partial charge on any atom is 0.137 e. The molecule has 0 saturated heterocycles. The molecule has 0 bridgehead atoms. The van der Waals surface area contributed by atoms with Crippen molar-refractivity contribution in [2.24, 2.45) is 5.73 Å². The molecular formula is C21H21Cl2N5. The number of nitrogens with zero attached hydrogens (tertiary/aromatic N) is 3. The van der Waals surface area contributed by atoms with Gasteiger partial charge in [-0.15, -0.1) is 10.2 Å². The molecule has 4 rings (SSSR count). The van der Waals surface area contributed by atoms with Gasteiger partial charge in [0.05, 0.1) is 10.0 Å². The van der Waals surface area contributed by atoms with Crippen LogP contribution in [0.15, 0.2) is 48.7 Å². The van der Waals surface area contributed by atoms with E-state index in [2.05, 4.69) is 44.1 Å². The molecule has 5 nitrogen and oxygen atoms in total. The summed E-state index contributed by atoms with van der Waals surface area (Å²) >= 11 is 12.2. The minimum absolute atomic E-state index is 0.534. The number of nitrogens with one attached hydrogen (secondary N) is 1. The van der Waals surface area contributed by atoms with Gasteiger partial charge >= 0.3 is 0 Å². The predicted octanol–water partition coefficient (Wildman–Crippen LogP) is 4.40. The average molecular weight is 414 g/mol. The Morgan fingerprint density at radius 2 is 1.79 bits per heavy atom. The van der Waals surface area contributed by atoms with Crippen LogP contribution in [0, 0.1) is 0 Å². The quantitative estimate of drug-likeness (QED) is 0.471. The molecule has 0 atom stereocenters. The van der Waals surface area contributed by atoms with Gasteiger partial charge in [0.25, 0.3) is 0 Å². The second-order valence-electron chi connectivity index (χ2n) is 6.76. The number of halogens is 2. The van der Waals surface area contributed by atoms with Gasteiger partial charge in [-0.1, -0.05) is 47.5 Å². The van der Waals surface area contributed by atoms with E-state index in [1.807, 2.05) is 18.2 Å². The topological polar surface area (TPSA) is 72.5 Å². The molecule has 0 spiro atoms. The van der Waals surface area contributed by atoms with Crippen LogP contribution < -0.4 is 5.73 Å². The van der Waals surface area contributed by atoms with Crippen LogP contribution in [0.2, 0.25) is 10.0 Å². The third kappa shape index (κ3) is 3.92. The molecule has 0 aliphatic rings. The maximum atomic E-state index is 6.14. The van der Waals surface area contributed by atoms with Gasteiger partial charge < -0.3 is 15.3 Å². The van der Waals surface area contributed by atoms with Gasteiger partial charge in [-0.25, -0.2) is 0 Å². The lowest BCUT2D eigenvalue weighted by molar-refractivity contribution is 0.631. The number of benzene rings is 2. The van der Waals surface area contributed by atoms with E-state index in [9.17, 15) is 0 Å². The van der Waals surface area contributed by atoms with Gasteiger partial charge in [-0.05, 0) is 35.7 Å². The first-order valence-electron chi connectivity index (χ1n) is 9.25. The van der Waals surface area contributed by atoms with Gasteiger partial charge in [0, 0.05) is 43.0 Å². The molecule has 0 radical (unpaired) electrons. The fourth-order valence-corrected chi connectivity index (χ4v) is 3.81. The zero-order valence-corrected chi connectivity index (χ0v) is 16.8. The minimum atomic E-state index is 0.534. The molecule has 0 fully saturated rings. The highest BCUT2D eigenvalue weighted by molar-refractivity contribution is 6.42. The van der Waals surface area contributed by atoms with E-state index >= 15 is 0 Å². The number of aromatic amines is 1. The van der Waals surface area contributed by atoms with Crippen LogP contribution >= 0.6 is 23.2 Å². The Balaban J connectivity index is 1.55. The van der Waals surface area contributed by atoms with Crippen LogP contribution in [0.4, 0.5) is 0 Å². The summed E-state index contributed by atoms with van der Waals surface area (Å²) in [5.74, 6) is 1.84. The average Bonchev–Trinajstić information content (AvgIpc) is 3.28. The Labute approximate surface area is 173 Å². The van der Waals surface area contributed by atoms with Crippen molar-refractivity contribution in [3.05, 3.63) is 81.5 Å². The van der Waals surface area contributed by atoms with Crippen LogP contribution in [0.3, 0.4) is 0 Å². The summed E-state index contributed by atoms with van der Waals surface area (Å²) in [5, 5.41) is 11.2. The molecule has 0 aliphatic carbocycles. The molecule has 4 aromatic rings. The number of para-hydroxylation sites is 1. The van der Waals surface area contributed by atoms with E-state index in [1.165, 1.54) is 10.9 Å². The SMILES string of the molecule is NCCn1c(CCc2c[nH]c3ccccc23)nnc1Cc1ccc(Cl)c(Cl)c1. The summed E-state index contributed by atoms with van der Waals surface area (Å²) in [6.07, 6.45) is 4.40. The summed E-state index contributed by atoms with van der Waals surface area (Å²) in [6.45, 7) is 1.22. The van der Waals surface area contributed by atoms with Gasteiger partial charge in [0.2, 0.25) is 0 Å². The first-order valence-corrected chi connectivity index (χ1v) is 10.0. The molecule has 7 heteroatoms. The number of H-pyrrole nitrogens is 1. The monoisotopic (exact) mass is 413 g/mol. The van der Waals surface area contributed by atoms with E-state index in [4.69, 9.17) is 28.9 Å². The second kappa shape index (κ2) is 8.35. The standard InChI is InChI=1S/C21H21Cl2N5/c22-17-7-5-14(11-18(17)23)12-21-27-26-20(28(21)10-9-24)8-6-15-13-25-19-4-2-1-3-16(15)19/h1-5,7,11,13,25H,6,8-10,12,24H2. The Kier molecular flexibility index (Phi) is 5.67. The van der Waals surface area contributed by atoms with Crippen LogP contribution in [-0.4, -0.2) is 26.3 Å². The zero-order valence-electron chi connectivity index (χ0n) is 15.3.